The standard InChI is InChI=1S/C15H22BrN3/c1-8(2)13-12(16)15(17-3)19-14(18-13)11-7-9-4-5-10(11)6-9/h8-11H,4-7H2,1-3H3,(H,17,18,19). The first-order valence-electron chi connectivity index (χ1n) is 7.35. The summed E-state index contributed by atoms with van der Waals surface area (Å²) >= 11 is 3.64. The third kappa shape index (κ3) is 2.28. The van der Waals surface area contributed by atoms with Crippen LogP contribution in [-0.4, -0.2) is 17.0 Å². The zero-order chi connectivity index (χ0) is 13.6. The first-order chi connectivity index (χ1) is 9.10. The molecule has 2 aliphatic rings. The van der Waals surface area contributed by atoms with E-state index in [-0.39, 0.29) is 0 Å². The summed E-state index contributed by atoms with van der Waals surface area (Å²) in [6.45, 7) is 4.38. The van der Waals surface area contributed by atoms with Gasteiger partial charge in [-0.25, -0.2) is 9.97 Å². The summed E-state index contributed by atoms with van der Waals surface area (Å²) < 4.78 is 1.02. The Morgan fingerprint density at radius 2 is 2.00 bits per heavy atom. The lowest BCUT2D eigenvalue weighted by molar-refractivity contribution is 0.404. The van der Waals surface area contributed by atoms with Crippen molar-refractivity contribution in [1.29, 1.82) is 0 Å². The fourth-order valence-electron chi connectivity index (χ4n) is 3.76. The van der Waals surface area contributed by atoms with Gasteiger partial charge in [0.05, 0.1) is 10.2 Å². The Morgan fingerprint density at radius 3 is 2.53 bits per heavy atom. The lowest BCUT2D eigenvalue weighted by Gasteiger charge is -2.22. The summed E-state index contributed by atoms with van der Waals surface area (Å²) in [5, 5.41) is 3.20. The van der Waals surface area contributed by atoms with Crippen LogP contribution in [0.5, 0.6) is 0 Å². The molecule has 1 heterocycles. The molecule has 2 saturated carbocycles. The average molecular weight is 324 g/mol. The highest BCUT2D eigenvalue weighted by Gasteiger charge is 2.42. The quantitative estimate of drug-likeness (QED) is 0.900. The maximum atomic E-state index is 4.88. The maximum absolute atomic E-state index is 4.88. The molecule has 2 bridgehead atoms. The molecule has 104 valence electrons. The van der Waals surface area contributed by atoms with E-state index in [0.717, 1.165) is 33.6 Å². The van der Waals surface area contributed by atoms with E-state index in [9.17, 15) is 0 Å². The molecule has 2 fully saturated rings. The molecule has 3 atom stereocenters. The van der Waals surface area contributed by atoms with Crippen LogP contribution in [0.4, 0.5) is 5.82 Å². The van der Waals surface area contributed by atoms with Crippen molar-refractivity contribution in [2.45, 2.75) is 51.4 Å². The number of nitrogens with zero attached hydrogens (tertiary/aromatic N) is 2. The normalized spacial score (nSPS) is 29.2. The fraction of sp³-hybridized carbons (Fsp3) is 0.733. The number of aromatic nitrogens is 2. The Hall–Kier alpha value is -0.640. The van der Waals surface area contributed by atoms with Crippen LogP contribution >= 0.6 is 15.9 Å². The van der Waals surface area contributed by atoms with E-state index in [2.05, 4.69) is 35.1 Å². The van der Waals surface area contributed by atoms with Gasteiger partial charge in [-0.15, -0.1) is 0 Å². The highest BCUT2D eigenvalue weighted by molar-refractivity contribution is 9.10. The number of fused-ring (bicyclic) bond motifs is 2. The molecule has 0 aliphatic heterocycles. The van der Waals surface area contributed by atoms with Gasteiger partial charge in [0.1, 0.15) is 11.6 Å². The smallest absolute Gasteiger partial charge is 0.144 e. The van der Waals surface area contributed by atoms with Crippen LogP contribution in [0.2, 0.25) is 0 Å². The van der Waals surface area contributed by atoms with Crippen molar-refractivity contribution in [3.8, 4) is 0 Å². The van der Waals surface area contributed by atoms with Crippen molar-refractivity contribution in [3.63, 3.8) is 0 Å². The van der Waals surface area contributed by atoms with Crippen molar-refractivity contribution in [2.24, 2.45) is 11.8 Å². The Balaban J connectivity index is 1.99. The predicted octanol–water partition coefficient (Wildman–Crippen LogP) is 4.31. The zero-order valence-electron chi connectivity index (χ0n) is 11.9. The number of nitrogens with one attached hydrogen (secondary N) is 1. The Labute approximate surface area is 123 Å². The van der Waals surface area contributed by atoms with Crippen LogP contribution in [0.25, 0.3) is 0 Å². The summed E-state index contributed by atoms with van der Waals surface area (Å²) in [7, 11) is 1.93. The van der Waals surface area contributed by atoms with Gasteiger partial charge in [0, 0.05) is 13.0 Å². The van der Waals surface area contributed by atoms with Gasteiger partial charge in [-0.3, -0.25) is 0 Å². The molecular weight excluding hydrogens is 302 g/mol. The van der Waals surface area contributed by atoms with Gasteiger partial charge < -0.3 is 5.32 Å². The third-order valence-electron chi connectivity index (χ3n) is 4.75. The van der Waals surface area contributed by atoms with Crippen LogP contribution in [0.15, 0.2) is 4.47 Å². The van der Waals surface area contributed by atoms with Crippen molar-refractivity contribution in [3.05, 3.63) is 16.0 Å². The lowest BCUT2D eigenvalue weighted by atomic mass is 9.88. The van der Waals surface area contributed by atoms with Crippen LogP contribution in [0.1, 0.15) is 62.9 Å². The second-order valence-corrected chi connectivity index (χ2v) is 7.11. The molecule has 0 amide bonds. The monoisotopic (exact) mass is 323 g/mol. The largest absolute Gasteiger partial charge is 0.372 e. The van der Waals surface area contributed by atoms with Gasteiger partial charge in [-0.05, 0) is 52.9 Å². The number of hydrogen-bond donors (Lipinski definition) is 1. The zero-order valence-corrected chi connectivity index (χ0v) is 13.5. The molecule has 2 aliphatic carbocycles. The lowest BCUT2D eigenvalue weighted by Crippen LogP contribution is -2.15. The van der Waals surface area contributed by atoms with Gasteiger partial charge in [-0.2, -0.15) is 0 Å². The SMILES string of the molecule is CNc1nc(C2CC3CCC2C3)nc(C(C)C)c1Br. The molecule has 3 nitrogen and oxygen atoms in total. The second kappa shape index (κ2) is 5.04. The molecular formula is C15H22BrN3. The van der Waals surface area contributed by atoms with E-state index in [0.29, 0.717) is 11.8 Å². The van der Waals surface area contributed by atoms with Crippen molar-refractivity contribution < 1.29 is 0 Å². The van der Waals surface area contributed by atoms with Crippen LogP contribution in [0.3, 0.4) is 0 Å². The van der Waals surface area contributed by atoms with Crippen molar-refractivity contribution >= 4 is 21.7 Å². The van der Waals surface area contributed by atoms with Gasteiger partial charge in [0.2, 0.25) is 0 Å². The Kier molecular flexibility index (Phi) is 3.54. The van der Waals surface area contributed by atoms with Crippen LogP contribution in [0, 0.1) is 11.8 Å². The molecule has 0 saturated heterocycles. The molecule has 1 N–H and O–H groups in total. The highest BCUT2D eigenvalue weighted by Crippen LogP contribution is 2.52. The molecule has 3 rings (SSSR count). The molecule has 4 heteroatoms. The molecule has 0 spiro atoms. The minimum Gasteiger partial charge on any atom is -0.372 e. The first-order valence-corrected chi connectivity index (χ1v) is 8.14. The van der Waals surface area contributed by atoms with Crippen molar-refractivity contribution in [2.75, 3.05) is 12.4 Å². The minimum atomic E-state index is 0.418. The van der Waals surface area contributed by atoms with E-state index in [1.165, 1.54) is 25.7 Å². The van der Waals surface area contributed by atoms with Gasteiger partial charge in [0.15, 0.2) is 0 Å². The van der Waals surface area contributed by atoms with Gasteiger partial charge in [0.25, 0.3) is 0 Å². The average Bonchev–Trinajstić information content (AvgIpc) is 3.01. The van der Waals surface area contributed by atoms with Crippen molar-refractivity contribution in [1.82, 2.24) is 9.97 Å². The summed E-state index contributed by atoms with van der Waals surface area (Å²) in [4.78, 5) is 9.65. The molecule has 3 unspecified atom stereocenters. The molecule has 1 aromatic rings. The highest BCUT2D eigenvalue weighted by atomic mass is 79.9. The minimum absolute atomic E-state index is 0.418. The summed E-state index contributed by atoms with van der Waals surface area (Å²) in [6.07, 6.45) is 5.50. The third-order valence-corrected chi connectivity index (χ3v) is 5.53. The fourth-order valence-corrected chi connectivity index (χ4v) is 4.59. The van der Waals surface area contributed by atoms with E-state index >= 15 is 0 Å². The molecule has 0 radical (unpaired) electrons. The molecule has 0 aromatic carbocycles. The van der Waals surface area contributed by atoms with Crippen LogP contribution in [-0.2, 0) is 0 Å². The predicted molar refractivity (Wildman–Crippen MR) is 81.6 cm³/mol. The summed E-state index contributed by atoms with van der Waals surface area (Å²) in [6, 6.07) is 0. The van der Waals surface area contributed by atoms with E-state index < -0.39 is 0 Å². The van der Waals surface area contributed by atoms with Gasteiger partial charge in [-0.1, -0.05) is 20.3 Å². The van der Waals surface area contributed by atoms with Gasteiger partial charge >= 0.3 is 0 Å². The number of hydrogen-bond acceptors (Lipinski definition) is 3. The number of anilines is 1. The van der Waals surface area contributed by atoms with E-state index in [4.69, 9.17) is 9.97 Å². The topological polar surface area (TPSA) is 37.8 Å². The second-order valence-electron chi connectivity index (χ2n) is 6.32. The maximum Gasteiger partial charge on any atom is 0.144 e. The summed E-state index contributed by atoms with van der Waals surface area (Å²) in [5.41, 5.74) is 1.14. The number of rotatable bonds is 3. The Bertz CT molecular complexity index is 487. The molecule has 1 aromatic heterocycles. The van der Waals surface area contributed by atoms with Crippen LogP contribution < -0.4 is 5.32 Å². The molecule has 19 heavy (non-hydrogen) atoms. The Morgan fingerprint density at radius 1 is 1.21 bits per heavy atom. The summed E-state index contributed by atoms with van der Waals surface area (Å²) in [5.74, 6) is 4.79. The first kappa shape index (κ1) is 13.3. The number of halogens is 1. The van der Waals surface area contributed by atoms with E-state index in [1.54, 1.807) is 0 Å². The van der Waals surface area contributed by atoms with E-state index in [1.807, 2.05) is 7.05 Å².